The van der Waals surface area contributed by atoms with E-state index >= 15 is 0 Å². The molecule has 21 heavy (non-hydrogen) atoms. The van der Waals surface area contributed by atoms with Crippen LogP contribution in [0.25, 0.3) is 0 Å². The molecule has 1 rings (SSSR count). The number of benzene rings is 1. The van der Waals surface area contributed by atoms with Gasteiger partial charge in [0.15, 0.2) is 0 Å². The van der Waals surface area contributed by atoms with E-state index in [0.717, 1.165) is 5.56 Å². The zero-order valence-electron chi connectivity index (χ0n) is 13.1. The first-order valence-corrected chi connectivity index (χ1v) is 6.90. The Morgan fingerprint density at radius 2 is 1.95 bits per heavy atom. The minimum Gasteiger partial charge on any atom is -0.465 e. The monoisotopic (exact) mass is 295 g/mol. The number of hydrogen-bond acceptors (Lipinski definition) is 3. The Kier molecular flexibility index (Phi) is 5.47. The van der Waals surface area contributed by atoms with Gasteiger partial charge in [0.1, 0.15) is 11.7 Å². The predicted molar refractivity (Wildman–Crippen MR) is 79.3 cm³/mol. The largest absolute Gasteiger partial charge is 0.465 e. The van der Waals surface area contributed by atoms with E-state index in [1.807, 2.05) is 0 Å². The molecule has 0 aliphatic carbocycles. The normalized spacial score (nSPS) is 12.7. The number of nitrogens with one attached hydrogen (secondary N) is 1. The van der Waals surface area contributed by atoms with Crippen LogP contribution < -0.4 is 5.32 Å². The third-order valence-electron chi connectivity index (χ3n) is 3.03. The summed E-state index contributed by atoms with van der Waals surface area (Å²) in [5, 5.41) is 2.48. The van der Waals surface area contributed by atoms with E-state index in [9.17, 15) is 14.0 Å². The lowest BCUT2D eigenvalue weighted by Gasteiger charge is -2.27. The van der Waals surface area contributed by atoms with E-state index in [4.69, 9.17) is 4.74 Å². The van der Waals surface area contributed by atoms with Crippen LogP contribution in [0.15, 0.2) is 18.2 Å². The minimum atomic E-state index is -1.00. The van der Waals surface area contributed by atoms with Gasteiger partial charge < -0.3 is 10.1 Å². The molecule has 0 aromatic heterocycles. The second-order valence-corrected chi connectivity index (χ2v) is 6.02. The van der Waals surface area contributed by atoms with Crippen LogP contribution in [0.3, 0.4) is 0 Å². The maximum atomic E-state index is 13.7. The molecule has 1 atom stereocenters. The van der Waals surface area contributed by atoms with Crippen LogP contribution in [-0.2, 0) is 14.3 Å². The summed E-state index contributed by atoms with van der Waals surface area (Å²) in [7, 11) is 0. The van der Waals surface area contributed by atoms with Gasteiger partial charge in [0.2, 0.25) is 5.91 Å². The summed E-state index contributed by atoms with van der Waals surface area (Å²) in [6, 6.07) is 4.41. The average molecular weight is 295 g/mol. The van der Waals surface area contributed by atoms with Gasteiger partial charge >= 0.3 is 5.97 Å². The molecule has 1 N–H and O–H groups in total. The average Bonchev–Trinajstić information content (AvgIpc) is 2.32. The number of halogens is 1. The molecule has 1 aromatic carbocycles. The molecule has 0 spiro atoms. The van der Waals surface area contributed by atoms with E-state index in [2.05, 4.69) is 5.32 Å². The van der Waals surface area contributed by atoms with Gasteiger partial charge in [0, 0.05) is 0 Å². The van der Waals surface area contributed by atoms with Crippen molar-refractivity contribution in [1.29, 1.82) is 0 Å². The van der Waals surface area contributed by atoms with Crippen molar-refractivity contribution < 1.29 is 18.7 Å². The third-order valence-corrected chi connectivity index (χ3v) is 3.03. The van der Waals surface area contributed by atoms with E-state index in [0.29, 0.717) is 0 Å². The van der Waals surface area contributed by atoms with Crippen LogP contribution >= 0.6 is 0 Å². The predicted octanol–water partition coefficient (Wildman–Crippen LogP) is 3.30. The van der Waals surface area contributed by atoms with Crippen molar-refractivity contribution in [3.8, 4) is 0 Å². The molecule has 0 aliphatic rings. The standard InChI is InChI=1S/C16H22FNO3/c1-6-21-15(20)13(16(3,4)5)14(19)18-12-9-10(2)7-8-11(12)17/h7-9,13H,6H2,1-5H3,(H,18,19). The van der Waals surface area contributed by atoms with Crippen LogP contribution in [0.4, 0.5) is 10.1 Å². The van der Waals surface area contributed by atoms with Gasteiger partial charge in [0.25, 0.3) is 0 Å². The topological polar surface area (TPSA) is 55.4 Å². The van der Waals surface area contributed by atoms with Gasteiger partial charge in [-0.15, -0.1) is 0 Å². The molecular formula is C16H22FNO3. The molecule has 4 nitrogen and oxygen atoms in total. The summed E-state index contributed by atoms with van der Waals surface area (Å²) in [5.41, 5.74) is 0.255. The fourth-order valence-corrected chi connectivity index (χ4v) is 2.02. The summed E-state index contributed by atoms with van der Waals surface area (Å²) in [5.74, 6) is -2.70. The molecule has 0 fully saturated rings. The van der Waals surface area contributed by atoms with E-state index in [-0.39, 0.29) is 12.3 Å². The quantitative estimate of drug-likeness (QED) is 0.685. The number of hydrogen-bond donors (Lipinski definition) is 1. The van der Waals surface area contributed by atoms with Crippen molar-refractivity contribution in [1.82, 2.24) is 0 Å². The van der Waals surface area contributed by atoms with Gasteiger partial charge in [-0.05, 0) is 37.0 Å². The first kappa shape index (κ1) is 17.1. The van der Waals surface area contributed by atoms with E-state index < -0.39 is 29.0 Å². The molecule has 0 radical (unpaired) electrons. The zero-order chi connectivity index (χ0) is 16.2. The molecule has 0 saturated carbocycles. The van der Waals surface area contributed by atoms with Crippen molar-refractivity contribution in [3.05, 3.63) is 29.6 Å². The lowest BCUT2D eigenvalue weighted by Crippen LogP contribution is -2.40. The number of ether oxygens (including phenoxy) is 1. The SMILES string of the molecule is CCOC(=O)C(C(=O)Nc1cc(C)ccc1F)C(C)(C)C. The lowest BCUT2D eigenvalue weighted by molar-refractivity contribution is -0.155. The van der Waals surface area contributed by atoms with Crippen LogP contribution in [-0.4, -0.2) is 18.5 Å². The highest BCUT2D eigenvalue weighted by Crippen LogP contribution is 2.29. The van der Waals surface area contributed by atoms with Gasteiger partial charge in [-0.25, -0.2) is 4.39 Å². The number of carbonyl (C=O) groups excluding carboxylic acids is 2. The van der Waals surface area contributed by atoms with E-state index in [1.54, 1.807) is 40.7 Å². The maximum absolute atomic E-state index is 13.7. The highest BCUT2D eigenvalue weighted by molar-refractivity contribution is 6.05. The Morgan fingerprint density at radius 1 is 1.33 bits per heavy atom. The van der Waals surface area contributed by atoms with Crippen LogP contribution in [0.2, 0.25) is 0 Å². The summed E-state index contributed by atoms with van der Waals surface area (Å²) >= 11 is 0. The van der Waals surface area contributed by atoms with Crippen molar-refractivity contribution in [2.45, 2.75) is 34.6 Å². The Morgan fingerprint density at radius 3 is 2.48 bits per heavy atom. The summed E-state index contributed by atoms with van der Waals surface area (Å²) in [4.78, 5) is 24.4. The Bertz CT molecular complexity index is 535. The first-order valence-electron chi connectivity index (χ1n) is 6.90. The molecule has 116 valence electrons. The Hall–Kier alpha value is -1.91. The molecule has 0 aliphatic heterocycles. The number of rotatable bonds is 4. The molecule has 0 bridgehead atoms. The molecule has 5 heteroatoms. The Balaban J connectivity index is 3.01. The van der Waals surface area contributed by atoms with Gasteiger partial charge in [-0.3, -0.25) is 9.59 Å². The highest BCUT2D eigenvalue weighted by atomic mass is 19.1. The van der Waals surface area contributed by atoms with Crippen LogP contribution in [0.5, 0.6) is 0 Å². The third kappa shape index (κ3) is 4.55. The molecule has 0 saturated heterocycles. The van der Waals surface area contributed by atoms with Gasteiger partial charge in [-0.2, -0.15) is 0 Å². The fourth-order valence-electron chi connectivity index (χ4n) is 2.02. The molecule has 0 heterocycles. The smallest absolute Gasteiger partial charge is 0.319 e. The van der Waals surface area contributed by atoms with Gasteiger partial charge in [-0.1, -0.05) is 26.8 Å². The lowest BCUT2D eigenvalue weighted by atomic mass is 9.80. The number of aryl methyl sites for hydroxylation is 1. The summed E-state index contributed by atoms with van der Waals surface area (Å²) in [6.07, 6.45) is 0. The molecule has 1 amide bonds. The van der Waals surface area contributed by atoms with Gasteiger partial charge in [0.05, 0.1) is 12.3 Å². The molecule has 1 aromatic rings. The van der Waals surface area contributed by atoms with E-state index in [1.165, 1.54) is 12.1 Å². The van der Waals surface area contributed by atoms with Crippen LogP contribution in [0.1, 0.15) is 33.3 Å². The van der Waals surface area contributed by atoms with Crippen molar-refractivity contribution in [3.63, 3.8) is 0 Å². The summed E-state index contributed by atoms with van der Waals surface area (Å²) < 4.78 is 18.7. The number of esters is 1. The summed E-state index contributed by atoms with van der Waals surface area (Å²) in [6.45, 7) is 8.96. The first-order chi connectivity index (χ1) is 9.66. The second kappa shape index (κ2) is 6.70. The maximum Gasteiger partial charge on any atom is 0.319 e. The van der Waals surface area contributed by atoms with Crippen molar-refractivity contribution in [2.75, 3.05) is 11.9 Å². The number of amides is 1. The second-order valence-electron chi connectivity index (χ2n) is 6.02. The molecule has 1 unspecified atom stereocenters. The zero-order valence-corrected chi connectivity index (χ0v) is 13.1. The van der Waals surface area contributed by atoms with Crippen molar-refractivity contribution >= 4 is 17.6 Å². The molecular weight excluding hydrogens is 273 g/mol. The Labute approximate surface area is 124 Å². The van der Waals surface area contributed by atoms with Crippen molar-refractivity contribution in [2.24, 2.45) is 11.3 Å². The highest BCUT2D eigenvalue weighted by Gasteiger charge is 2.39. The number of carbonyl (C=O) groups is 2. The fraction of sp³-hybridized carbons (Fsp3) is 0.500. The minimum absolute atomic E-state index is 0.0681. The van der Waals surface area contributed by atoms with Crippen LogP contribution in [0, 0.1) is 24.1 Å². The number of anilines is 1.